The van der Waals surface area contributed by atoms with Gasteiger partial charge in [0.25, 0.3) is 5.91 Å². The molecule has 2 aliphatic rings. The van der Waals surface area contributed by atoms with Gasteiger partial charge >= 0.3 is 0 Å². The van der Waals surface area contributed by atoms with Crippen LogP contribution in [-0.2, 0) is 5.75 Å². The SMILES string of the molecule is O=C(c1ccc(CSc2ccc(Cl)cc2Cl)cc1)N1C2CCC1CC(Oc1ccc(F)cc1F)C2. The normalized spacial score (nSPS) is 21.3. The number of nitrogens with zero attached hydrogens (tertiary/aromatic N) is 1. The molecular formula is C27H23Cl2F2NO2S. The van der Waals surface area contributed by atoms with Crippen molar-refractivity contribution in [2.75, 3.05) is 0 Å². The molecule has 3 aromatic rings. The van der Waals surface area contributed by atoms with Crippen molar-refractivity contribution in [2.24, 2.45) is 0 Å². The van der Waals surface area contributed by atoms with E-state index in [4.69, 9.17) is 27.9 Å². The predicted molar refractivity (Wildman–Crippen MR) is 135 cm³/mol. The van der Waals surface area contributed by atoms with Gasteiger partial charge in [-0.25, -0.2) is 8.78 Å². The molecule has 0 saturated carbocycles. The Kier molecular flexibility index (Phi) is 7.24. The van der Waals surface area contributed by atoms with Gasteiger partial charge < -0.3 is 9.64 Å². The van der Waals surface area contributed by atoms with Crippen LogP contribution in [0.25, 0.3) is 0 Å². The minimum atomic E-state index is -0.701. The minimum absolute atomic E-state index is 0.0175. The van der Waals surface area contributed by atoms with E-state index in [1.807, 2.05) is 41.3 Å². The van der Waals surface area contributed by atoms with Crippen LogP contribution in [0.3, 0.4) is 0 Å². The molecule has 2 saturated heterocycles. The van der Waals surface area contributed by atoms with Crippen LogP contribution >= 0.6 is 35.0 Å². The second kappa shape index (κ2) is 10.4. The third kappa shape index (κ3) is 5.45. The number of hydrogen-bond donors (Lipinski definition) is 0. The summed E-state index contributed by atoms with van der Waals surface area (Å²) in [5.74, 6) is -0.530. The fraction of sp³-hybridized carbons (Fsp3) is 0.296. The summed E-state index contributed by atoms with van der Waals surface area (Å²) in [5, 5.41) is 1.23. The standard InChI is InChI=1S/C27H23Cl2F2NO2S/c28-18-5-10-26(23(29)11-18)35-15-16-1-3-17(4-2-16)27(33)32-20-7-8-21(32)14-22(13-20)34-25-9-6-19(30)12-24(25)31/h1-6,9-12,20-22H,7-8,13-15H2. The average Bonchev–Trinajstić information content (AvgIpc) is 3.10. The fourth-order valence-corrected chi connectivity index (χ4v) is 6.40. The zero-order valence-corrected chi connectivity index (χ0v) is 21.1. The predicted octanol–water partition coefficient (Wildman–Crippen LogP) is 7.78. The van der Waals surface area contributed by atoms with Crippen LogP contribution in [-0.4, -0.2) is 29.0 Å². The van der Waals surface area contributed by atoms with Gasteiger partial charge in [-0.05, 0) is 60.9 Å². The Labute approximate surface area is 217 Å². The lowest BCUT2D eigenvalue weighted by atomic mass is 9.98. The van der Waals surface area contributed by atoms with Crippen molar-refractivity contribution in [3.8, 4) is 5.75 Å². The topological polar surface area (TPSA) is 29.5 Å². The second-order valence-corrected chi connectivity index (χ2v) is 10.8. The van der Waals surface area contributed by atoms with Gasteiger partial charge in [-0.15, -0.1) is 11.8 Å². The van der Waals surface area contributed by atoms with Gasteiger partial charge in [0.15, 0.2) is 11.6 Å². The number of halogens is 4. The van der Waals surface area contributed by atoms with E-state index in [0.29, 0.717) is 28.5 Å². The molecule has 2 unspecified atom stereocenters. The highest BCUT2D eigenvalue weighted by Gasteiger charge is 2.44. The Balaban J connectivity index is 1.20. The number of piperidine rings is 1. The van der Waals surface area contributed by atoms with Crippen LogP contribution in [0, 0.1) is 11.6 Å². The molecule has 0 aliphatic carbocycles. The highest BCUT2D eigenvalue weighted by Crippen LogP contribution is 2.39. The molecule has 3 aromatic carbocycles. The molecule has 0 spiro atoms. The van der Waals surface area contributed by atoms with E-state index >= 15 is 0 Å². The summed E-state index contributed by atoms with van der Waals surface area (Å²) in [7, 11) is 0. The molecule has 2 aliphatic heterocycles. The van der Waals surface area contributed by atoms with E-state index in [9.17, 15) is 13.6 Å². The number of ether oxygens (including phenoxy) is 1. The third-order valence-electron chi connectivity index (χ3n) is 6.60. The van der Waals surface area contributed by atoms with E-state index in [1.165, 1.54) is 12.1 Å². The van der Waals surface area contributed by atoms with E-state index in [1.54, 1.807) is 17.8 Å². The smallest absolute Gasteiger partial charge is 0.254 e. The molecule has 35 heavy (non-hydrogen) atoms. The molecule has 5 rings (SSSR count). The quantitative estimate of drug-likeness (QED) is 0.303. The maximum Gasteiger partial charge on any atom is 0.254 e. The fourth-order valence-electron chi connectivity index (χ4n) is 4.95. The van der Waals surface area contributed by atoms with Crippen LogP contribution < -0.4 is 4.74 Å². The summed E-state index contributed by atoms with van der Waals surface area (Å²) in [5.41, 5.74) is 1.75. The van der Waals surface area contributed by atoms with Gasteiger partial charge in [0.2, 0.25) is 0 Å². The van der Waals surface area contributed by atoms with E-state index in [0.717, 1.165) is 35.1 Å². The van der Waals surface area contributed by atoms with Crippen molar-refractivity contribution < 1.29 is 18.3 Å². The van der Waals surface area contributed by atoms with Crippen molar-refractivity contribution in [1.29, 1.82) is 0 Å². The Hall–Kier alpha value is -2.28. The number of amides is 1. The molecule has 2 heterocycles. The monoisotopic (exact) mass is 533 g/mol. The van der Waals surface area contributed by atoms with Gasteiger partial charge in [-0.2, -0.15) is 0 Å². The first-order valence-corrected chi connectivity index (χ1v) is 13.2. The zero-order chi connectivity index (χ0) is 24.5. The lowest BCUT2D eigenvalue weighted by Gasteiger charge is -2.39. The molecule has 2 bridgehead atoms. The van der Waals surface area contributed by atoms with Crippen molar-refractivity contribution in [3.05, 3.63) is 93.5 Å². The first kappa shape index (κ1) is 24.4. The molecule has 2 fully saturated rings. The van der Waals surface area contributed by atoms with Gasteiger partial charge in [0, 0.05) is 52.2 Å². The van der Waals surface area contributed by atoms with Crippen LogP contribution in [0.1, 0.15) is 41.6 Å². The molecule has 8 heteroatoms. The van der Waals surface area contributed by atoms with E-state index in [-0.39, 0.29) is 29.8 Å². The number of rotatable bonds is 6. The first-order valence-electron chi connectivity index (χ1n) is 11.5. The first-order chi connectivity index (χ1) is 16.9. The summed E-state index contributed by atoms with van der Waals surface area (Å²) in [4.78, 5) is 16.3. The van der Waals surface area contributed by atoms with Crippen LogP contribution in [0.15, 0.2) is 65.6 Å². The van der Waals surface area contributed by atoms with Crippen LogP contribution in [0.5, 0.6) is 5.75 Å². The molecule has 0 radical (unpaired) electrons. The zero-order valence-electron chi connectivity index (χ0n) is 18.7. The number of hydrogen-bond acceptors (Lipinski definition) is 3. The van der Waals surface area contributed by atoms with Gasteiger partial charge in [-0.3, -0.25) is 4.79 Å². The molecule has 0 N–H and O–H groups in total. The summed E-state index contributed by atoms with van der Waals surface area (Å²) in [6, 6.07) is 16.6. The maximum absolute atomic E-state index is 14.0. The highest BCUT2D eigenvalue weighted by atomic mass is 35.5. The van der Waals surface area contributed by atoms with Crippen molar-refractivity contribution in [1.82, 2.24) is 4.90 Å². The third-order valence-corrected chi connectivity index (χ3v) is 8.41. The minimum Gasteiger partial charge on any atom is -0.487 e. The number of benzene rings is 3. The van der Waals surface area contributed by atoms with Crippen LogP contribution in [0.4, 0.5) is 8.78 Å². The highest BCUT2D eigenvalue weighted by molar-refractivity contribution is 7.98. The number of carbonyl (C=O) groups excluding carboxylic acids is 1. The number of carbonyl (C=O) groups is 1. The Morgan fingerprint density at radius 2 is 1.69 bits per heavy atom. The molecule has 2 atom stereocenters. The molecule has 3 nitrogen and oxygen atoms in total. The van der Waals surface area contributed by atoms with E-state index < -0.39 is 11.6 Å². The van der Waals surface area contributed by atoms with Crippen LogP contribution in [0.2, 0.25) is 10.0 Å². The second-order valence-electron chi connectivity index (χ2n) is 8.94. The summed E-state index contributed by atoms with van der Waals surface area (Å²) in [6.45, 7) is 0. The maximum atomic E-state index is 14.0. The number of thioether (sulfide) groups is 1. The van der Waals surface area contributed by atoms with Gasteiger partial charge in [0.05, 0.1) is 5.02 Å². The molecule has 0 aromatic heterocycles. The Bertz CT molecular complexity index is 1230. The molecule has 1 amide bonds. The Morgan fingerprint density at radius 1 is 0.971 bits per heavy atom. The lowest BCUT2D eigenvalue weighted by molar-refractivity contribution is 0.0349. The average molecular weight is 534 g/mol. The lowest BCUT2D eigenvalue weighted by Crippen LogP contribution is -2.49. The van der Waals surface area contributed by atoms with Gasteiger partial charge in [0.1, 0.15) is 11.9 Å². The van der Waals surface area contributed by atoms with Crippen molar-refractivity contribution >= 4 is 40.9 Å². The van der Waals surface area contributed by atoms with Crippen molar-refractivity contribution in [3.63, 3.8) is 0 Å². The summed E-state index contributed by atoms with van der Waals surface area (Å²) in [6.07, 6.45) is 2.87. The van der Waals surface area contributed by atoms with Gasteiger partial charge in [-0.1, -0.05) is 35.3 Å². The summed E-state index contributed by atoms with van der Waals surface area (Å²) >= 11 is 13.8. The van der Waals surface area contributed by atoms with Crippen molar-refractivity contribution in [2.45, 2.75) is 54.5 Å². The van der Waals surface area contributed by atoms with E-state index in [2.05, 4.69) is 0 Å². The summed E-state index contributed by atoms with van der Waals surface area (Å²) < 4.78 is 33.1. The molecule has 182 valence electrons. The molecular weight excluding hydrogens is 511 g/mol. The largest absolute Gasteiger partial charge is 0.487 e. The number of fused-ring (bicyclic) bond motifs is 2. The Morgan fingerprint density at radius 3 is 2.34 bits per heavy atom.